The van der Waals surface area contributed by atoms with Crippen molar-refractivity contribution in [2.45, 2.75) is 24.9 Å². The number of carboxylic acids is 1. The molecule has 2 atom stereocenters. The van der Waals surface area contributed by atoms with Crippen LogP contribution < -0.4 is 10.6 Å². The fraction of sp³-hybridized carbons (Fsp3) is 0.462. The van der Waals surface area contributed by atoms with E-state index in [0.717, 1.165) is 0 Å². The van der Waals surface area contributed by atoms with Gasteiger partial charge in [-0.1, -0.05) is 0 Å². The van der Waals surface area contributed by atoms with Crippen LogP contribution in [0.4, 0.5) is 0 Å². The van der Waals surface area contributed by atoms with E-state index in [4.69, 9.17) is 9.15 Å². The van der Waals surface area contributed by atoms with Gasteiger partial charge in [0.2, 0.25) is 5.91 Å². The van der Waals surface area contributed by atoms with Gasteiger partial charge in [-0.15, -0.1) is 0 Å². The molecule has 1 saturated heterocycles. The average Bonchev–Trinajstić information content (AvgIpc) is 3.10. The summed E-state index contributed by atoms with van der Waals surface area (Å²) in [6.07, 6.45) is 2.79. The second-order valence-corrected chi connectivity index (χ2v) is 4.89. The molecule has 0 bridgehead atoms. The maximum atomic E-state index is 12.0. The molecule has 1 aromatic heterocycles. The van der Waals surface area contributed by atoms with Crippen LogP contribution in [0.25, 0.3) is 0 Å². The summed E-state index contributed by atoms with van der Waals surface area (Å²) in [4.78, 5) is 35.1. The Labute approximate surface area is 120 Å². The van der Waals surface area contributed by atoms with E-state index in [0.29, 0.717) is 0 Å². The Morgan fingerprint density at radius 1 is 1.43 bits per heavy atom. The predicted molar refractivity (Wildman–Crippen MR) is 69.6 cm³/mol. The van der Waals surface area contributed by atoms with Gasteiger partial charge in [-0.3, -0.25) is 9.59 Å². The Balaban J connectivity index is 1.96. The zero-order valence-electron chi connectivity index (χ0n) is 11.4. The zero-order valence-corrected chi connectivity index (χ0v) is 11.4. The van der Waals surface area contributed by atoms with Crippen molar-refractivity contribution in [2.75, 3.05) is 13.2 Å². The van der Waals surface area contributed by atoms with Gasteiger partial charge in [-0.2, -0.15) is 0 Å². The van der Waals surface area contributed by atoms with E-state index in [1.165, 1.54) is 25.5 Å². The summed E-state index contributed by atoms with van der Waals surface area (Å²) in [6, 6.07) is 0.577. The normalized spacial score (nSPS) is 22.5. The number of furan rings is 1. The Bertz CT molecular complexity index is 533. The van der Waals surface area contributed by atoms with Crippen molar-refractivity contribution >= 4 is 17.8 Å². The van der Waals surface area contributed by atoms with E-state index in [-0.39, 0.29) is 25.2 Å². The van der Waals surface area contributed by atoms with Crippen molar-refractivity contribution in [1.82, 2.24) is 10.6 Å². The number of hydrogen-bond acceptors (Lipinski definition) is 5. The van der Waals surface area contributed by atoms with E-state index in [9.17, 15) is 19.5 Å². The highest BCUT2D eigenvalue weighted by Crippen LogP contribution is 2.19. The summed E-state index contributed by atoms with van der Waals surface area (Å²) < 4.78 is 9.82. The number of amides is 2. The lowest BCUT2D eigenvalue weighted by Gasteiger charge is -2.25. The lowest BCUT2D eigenvalue weighted by molar-refractivity contribution is -0.147. The number of carbonyl (C=O) groups excluding carboxylic acids is 2. The Kier molecular flexibility index (Phi) is 4.27. The van der Waals surface area contributed by atoms with E-state index in [1.54, 1.807) is 0 Å². The summed E-state index contributed by atoms with van der Waals surface area (Å²) in [7, 11) is 0. The van der Waals surface area contributed by atoms with Crippen LogP contribution in [0.5, 0.6) is 0 Å². The van der Waals surface area contributed by atoms with Gasteiger partial charge < -0.3 is 24.9 Å². The minimum Gasteiger partial charge on any atom is -0.479 e. The molecule has 2 unspecified atom stereocenters. The van der Waals surface area contributed by atoms with E-state index < -0.39 is 29.4 Å². The van der Waals surface area contributed by atoms with Crippen LogP contribution in [0, 0.1) is 0 Å². The van der Waals surface area contributed by atoms with Crippen LogP contribution in [0.15, 0.2) is 23.0 Å². The van der Waals surface area contributed by atoms with Crippen LogP contribution in [-0.2, 0) is 14.3 Å². The lowest BCUT2D eigenvalue weighted by atomic mass is 9.98. The van der Waals surface area contributed by atoms with Crippen molar-refractivity contribution in [3.63, 3.8) is 0 Å². The molecule has 21 heavy (non-hydrogen) atoms. The molecule has 2 rings (SSSR count). The highest BCUT2D eigenvalue weighted by Gasteiger charge is 2.44. The zero-order chi connectivity index (χ0) is 15.5. The first-order valence-corrected chi connectivity index (χ1v) is 6.41. The minimum absolute atomic E-state index is 0.0868. The summed E-state index contributed by atoms with van der Waals surface area (Å²) >= 11 is 0. The monoisotopic (exact) mass is 296 g/mol. The van der Waals surface area contributed by atoms with Crippen LogP contribution in [-0.4, -0.2) is 47.7 Å². The first kappa shape index (κ1) is 15.0. The highest BCUT2D eigenvalue weighted by molar-refractivity contribution is 5.98. The van der Waals surface area contributed by atoms with Crippen LogP contribution in [0.3, 0.4) is 0 Å². The van der Waals surface area contributed by atoms with Crippen molar-refractivity contribution in [3.05, 3.63) is 24.2 Å². The fourth-order valence-corrected chi connectivity index (χ4v) is 1.97. The SMILES string of the molecule is CC(NC(=O)c1ccoc1)C(=O)NC1(C(=O)O)CCOC1. The summed E-state index contributed by atoms with van der Waals surface area (Å²) in [5.41, 5.74) is -1.14. The summed E-state index contributed by atoms with van der Waals surface area (Å²) in [5.74, 6) is -2.21. The maximum Gasteiger partial charge on any atom is 0.331 e. The van der Waals surface area contributed by atoms with Gasteiger partial charge in [-0.25, -0.2) is 4.79 Å². The molecule has 0 aliphatic carbocycles. The predicted octanol–water partition coefficient (Wildman–Crippen LogP) is -0.242. The second-order valence-electron chi connectivity index (χ2n) is 4.89. The lowest BCUT2D eigenvalue weighted by Crippen LogP contribution is -2.59. The number of aliphatic carboxylic acids is 1. The molecule has 8 heteroatoms. The van der Waals surface area contributed by atoms with Gasteiger partial charge in [0.25, 0.3) is 5.91 Å². The number of hydrogen-bond donors (Lipinski definition) is 3. The average molecular weight is 296 g/mol. The number of ether oxygens (including phenoxy) is 1. The maximum absolute atomic E-state index is 12.0. The van der Waals surface area contributed by atoms with E-state index >= 15 is 0 Å². The molecule has 8 nitrogen and oxygen atoms in total. The number of nitrogens with one attached hydrogen (secondary N) is 2. The minimum atomic E-state index is -1.42. The molecule has 114 valence electrons. The molecule has 2 amide bonds. The molecule has 1 aliphatic heterocycles. The molecule has 3 N–H and O–H groups in total. The molecule has 1 aliphatic rings. The first-order valence-electron chi connectivity index (χ1n) is 6.41. The largest absolute Gasteiger partial charge is 0.479 e. The first-order chi connectivity index (χ1) is 9.94. The molecule has 1 aromatic rings. The van der Waals surface area contributed by atoms with E-state index in [1.807, 2.05) is 0 Å². The molecular formula is C13H16N2O6. The smallest absolute Gasteiger partial charge is 0.331 e. The Hall–Kier alpha value is -2.35. The molecule has 0 radical (unpaired) electrons. The van der Waals surface area contributed by atoms with Crippen LogP contribution in [0.1, 0.15) is 23.7 Å². The van der Waals surface area contributed by atoms with Gasteiger partial charge in [0.1, 0.15) is 12.3 Å². The quantitative estimate of drug-likeness (QED) is 0.690. The number of carboxylic acid groups (broad SMARTS) is 1. The molecule has 0 spiro atoms. The fourth-order valence-electron chi connectivity index (χ4n) is 1.97. The summed E-state index contributed by atoms with van der Waals surface area (Å²) in [6.45, 7) is 1.65. The van der Waals surface area contributed by atoms with Crippen molar-refractivity contribution < 1.29 is 28.6 Å². The third-order valence-corrected chi connectivity index (χ3v) is 3.32. The van der Waals surface area contributed by atoms with Crippen LogP contribution >= 0.6 is 0 Å². The van der Waals surface area contributed by atoms with Crippen molar-refractivity contribution in [1.29, 1.82) is 0 Å². The molecule has 1 fully saturated rings. The topological polar surface area (TPSA) is 118 Å². The van der Waals surface area contributed by atoms with Crippen LogP contribution in [0.2, 0.25) is 0 Å². The molecule has 0 saturated carbocycles. The molecular weight excluding hydrogens is 280 g/mol. The van der Waals surface area contributed by atoms with Crippen molar-refractivity contribution in [2.24, 2.45) is 0 Å². The van der Waals surface area contributed by atoms with Gasteiger partial charge in [0.15, 0.2) is 5.54 Å². The Morgan fingerprint density at radius 2 is 2.19 bits per heavy atom. The number of rotatable bonds is 5. The number of carbonyl (C=O) groups is 3. The van der Waals surface area contributed by atoms with Crippen molar-refractivity contribution in [3.8, 4) is 0 Å². The third kappa shape index (κ3) is 3.22. The molecule has 0 aromatic carbocycles. The second kappa shape index (κ2) is 5.96. The highest BCUT2D eigenvalue weighted by atomic mass is 16.5. The molecule has 2 heterocycles. The Morgan fingerprint density at radius 3 is 2.71 bits per heavy atom. The van der Waals surface area contributed by atoms with E-state index in [2.05, 4.69) is 10.6 Å². The van der Waals surface area contributed by atoms with Gasteiger partial charge in [0, 0.05) is 13.0 Å². The third-order valence-electron chi connectivity index (χ3n) is 3.32. The van der Waals surface area contributed by atoms with Gasteiger partial charge >= 0.3 is 5.97 Å². The van der Waals surface area contributed by atoms with Gasteiger partial charge in [-0.05, 0) is 13.0 Å². The summed E-state index contributed by atoms with van der Waals surface area (Å²) in [5, 5.41) is 14.1. The van der Waals surface area contributed by atoms with Gasteiger partial charge in [0.05, 0.1) is 18.4 Å². The standard InChI is InChI=1S/C13H16N2O6/c1-8(14-11(17)9-2-4-20-6-9)10(16)15-13(12(18)19)3-5-21-7-13/h2,4,6,8H,3,5,7H2,1H3,(H,14,17)(H,15,16)(H,18,19).